The van der Waals surface area contributed by atoms with Gasteiger partial charge in [-0.25, -0.2) is 4.79 Å². The number of hydrogen-bond acceptors (Lipinski definition) is 4. The van der Waals surface area contributed by atoms with Gasteiger partial charge in [0.2, 0.25) is 5.91 Å². The van der Waals surface area contributed by atoms with Crippen LogP contribution in [0.4, 0.5) is 4.79 Å². The third kappa shape index (κ3) is 3.94. The molecule has 2 aliphatic rings. The number of benzene rings is 2. The van der Waals surface area contributed by atoms with Crippen molar-refractivity contribution >= 4 is 17.8 Å². The van der Waals surface area contributed by atoms with Gasteiger partial charge in [-0.15, -0.1) is 0 Å². The van der Waals surface area contributed by atoms with Crippen molar-refractivity contribution < 1.29 is 19.1 Å². The van der Waals surface area contributed by atoms with E-state index in [9.17, 15) is 14.4 Å². The van der Waals surface area contributed by atoms with Gasteiger partial charge in [0.05, 0.1) is 20.1 Å². The van der Waals surface area contributed by atoms with Crippen molar-refractivity contribution in [3.63, 3.8) is 0 Å². The monoisotopic (exact) mass is 393 g/mol. The Morgan fingerprint density at radius 2 is 1.83 bits per heavy atom. The Morgan fingerprint density at radius 3 is 2.55 bits per heavy atom. The molecule has 1 fully saturated rings. The van der Waals surface area contributed by atoms with Crippen LogP contribution in [0.2, 0.25) is 0 Å². The van der Waals surface area contributed by atoms with Crippen LogP contribution in [-0.2, 0) is 29.1 Å². The number of methoxy groups -OCH3 is 1. The smallest absolute Gasteiger partial charge is 0.325 e. The van der Waals surface area contributed by atoms with Gasteiger partial charge in [0.25, 0.3) is 5.91 Å². The molecule has 150 valence electrons. The molecule has 0 unspecified atom stereocenters. The van der Waals surface area contributed by atoms with E-state index >= 15 is 0 Å². The van der Waals surface area contributed by atoms with Gasteiger partial charge in [0.15, 0.2) is 0 Å². The summed E-state index contributed by atoms with van der Waals surface area (Å²) in [5.74, 6) is 0.221. The lowest BCUT2D eigenvalue weighted by Crippen LogP contribution is -2.41. The van der Waals surface area contributed by atoms with Gasteiger partial charge in [0.1, 0.15) is 11.8 Å². The summed E-state index contributed by atoms with van der Waals surface area (Å²) < 4.78 is 5.12. The Morgan fingerprint density at radius 1 is 1.10 bits per heavy atom. The number of rotatable bonds is 5. The van der Waals surface area contributed by atoms with E-state index in [-0.39, 0.29) is 24.8 Å². The fraction of sp³-hybridized carbons (Fsp3) is 0.318. The third-order valence-electron chi connectivity index (χ3n) is 5.47. The first kappa shape index (κ1) is 19.0. The third-order valence-corrected chi connectivity index (χ3v) is 5.47. The average molecular weight is 393 g/mol. The first-order chi connectivity index (χ1) is 14.0. The lowest BCUT2D eigenvalue weighted by Gasteiger charge is -2.29. The molecule has 2 aromatic carbocycles. The van der Waals surface area contributed by atoms with Gasteiger partial charge in [0, 0.05) is 13.1 Å². The van der Waals surface area contributed by atoms with Crippen molar-refractivity contribution in [3.8, 4) is 5.75 Å². The highest BCUT2D eigenvalue weighted by molar-refractivity contribution is 6.05. The molecule has 2 aliphatic heterocycles. The summed E-state index contributed by atoms with van der Waals surface area (Å²) in [5.41, 5.74) is 3.20. The second-order valence-electron chi connectivity index (χ2n) is 7.31. The molecule has 1 atom stereocenters. The number of amides is 4. The van der Waals surface area contributed by atoms with Crippen molar-refractivity contribution in [1.82, 2.24) is 15.1 Å². The molecule has 7 heteroatoms. The van der Waals surface area contributed by atoms with Gasteiger partial charge in [-0.2, -0.15) is 0 Å². The molecule has 2 heterocycles. The molecule has 2 aromatic rings. The van der Waals surface area contributed by atoms with Crippen molar-refractivity contribution in [2.24, 2.45) is 0 Å². The number of carbonyl (C=O) groups is 3. The summed E-state index contributed by atoms with van der Waals surface area (Å²) >= 11 is 0. The average Bonchev–Trinajstić information content (AvgIpc) is 3.01. The SMILES string of the molecule is COc1ccc(CN2C(=O)N[C@@H](CC(=O)N3CCc4ccccc4C3)C2=O)cc1. The van der Waals surface area contributed by atoms with Crippen LogP contribution in [0.1, 0.15) is 23.1 Å². The van der Waals surface area contributed by atoms with Crippen LogP contribution in [0.15, 0.2) is 48.5 Å². The maximum Gasteiger partial charge on any atom is 0.325 e. The van der Waals surface area contributed by atoms with Gasteiger partial charge in [-0.05, 0) is 35.2 Å². The zero-order valence-electron chi connectivity index (χ0n) is 16.3. The van der Waals surface area contributed by atoms with Crippen molar-refractivity contribution in [1.29, 1.82) is 0 Å². The van der Waals surface area contributed by atoms with E-state index in [1.807, 2.05) is 30.3 Å². The zero-order valence-corrected chi connectivity index (χ0v) is 16.3. The highest BCUT2D eigenvalue weighted by atomic mass is 16.5. The Kier molecular flexibility index (Phi) is 5.20. The summed E-state index contributed by atoms with van der Waals surface area (Å²) in [6.07, 6.45) is 0.780. The predicted molar refractivity (Wildman–Crippen MR) is 106 cm³/mol. The standard InChI is InChI=1S/C22H23N3O4/c1-29-18-8-6-15(7-9-18)13-25-21(27)19(23-22(25)28)12-20(26)24-11-10-16-4-2-3-5-17(16)14-24/h2-9,19H,10-14H2,1H3,(H,23,28)/t19-/m0/s1. The zero-order chi connectivity index (χ0) is 20.4. The van der Waals surface area contributed by atoms with E-state index in [0.717, 1.165) is 22.4 Å². The Balaban J connectivity index is 1.38. The minimum absolute atomic E-state index is 0.0220. The van der Waals surface area contributed by atoms with Gasteiger partial charge < -0.3 is 15.0 Å². The molecule has 1 N–H and O–H groups in total. The van der Waals surface area contributed by atoms with Crippen LogP contribution in [-0.4, -0.2) is 47.3 Å². The minimum atomic E-state index is -0.814. The molecule has 4 rings (SSSR count). The first-order valence-corrected chi connectivity index (χ1v) is 9.64. The molecule has 0 bridgehead atoms. The summed E-state index contributed by atoms with van der Waals surface area (Å²) in [6.45, 7) is 1.33. The summed E-state index contributed by atoms with van der Waals surface area (Å²) in [5, 5.41) is 2.65. The lowest BCUT2D eigenvalue weighted by atomic mass is 9.99. The number of hydrogen-bond donors (Lipinski definition) is 1. The van der Waals surface area contributed by atoms with E-state index in [4.69, 9.17) is 4.74 Å². The van der Waals surface area contributed by atoms with E-state index in [0.29, 0.717) is 18.8 Å². The number of imide groups is 1. The Bertz CT molecular complexity index is 941. The molecule has 0 radical (unpaired) electrons. The van der Waals surface area contributed by atoms with Crippen LogP contribution < -0.4 is 10.1 Å². The number of carbonyl (C=O) groups excluding carboxylic acids is 3. The van der Waals surface area contributed by atoms with Crippen LogP contribution >= 0.6 is 0 Å². The normalized spacial score (nSPS) is 18.4. The summed E-state index contributed by atoms with van der Waals surface area (Å²) in [6, 6.07) is 14.0. The highest BCUT2D eigenvalue weighted by Crippen LogP contribution is 2.21. The van der Waals surface area contributed by atoms with Crippen LogP contribution in [0.25, 0.3) is 0 Å². The fourth-order valence-electron chi connectivity index (χ4n) is 3.79. The maximum absolute atomic E-state index is 12.7. The summed E-state index contributed by atoms with van der Waals surface area (Å²) in [7, 11) is 1.58. The number of fused-ring (bicyclic) bond motifs is 1. The van der Waals surface area contributed by atoms with E-state index in [2.05, 4.69) is 11.4 Å². The lowest BCUT2D eigenvalue weighted by molar-refractivity contribution is -0.136. The van der Waals surface area contributed by atoms with Crippen LogP contribution in [0.3, 0.4) is 0 Å². The van der Waals surface area contributed by atoms with Crippen LogP contribution in [0.5, 0.6) is 5.75 Å². The molecule has 1 saturated heterocycles. The Labute approximate surface area is 169 Å². The van der Waals surface area contributed by atoms with E-state index in [1.165, 1.54) is 5.56 Å². The number of urea groups is 1. The second-order valence-corrected chi connectivity index (χ2v) is 7.31. The fourth-order valence-corrected chi connectivity index (χ4v) is 3.79. The molecule has 0 aromatic heterocycles. The van der Waals surface area contributed by atoms with E-state index < -0.39 is 12.1 Å². The van der Waals surface area contributed by atoms with Crippen molar-refractivity contribution in [3.05, 3.63) is 65.2 Å². The molecule has 0 spiro atoms. The Hall–Kier alpha value is -3.35. The second kappa shape index (κ2) is 7.95. The highest BCUT2D eigenvalue weighted by Gasteiger charge is 2.39. The molecular formula is C22H23N3O4. The number of nitrogens with one attached hydrogen (secondary N) is 1. The molecule has 29 heavy (non-hydrogen) atoms. The minimum Gasteiger partial charge on any atom is -0.497 e. The number of ether oxygens (including phenoxy) is 1. The van der Waals surface area contributed by atoms with Gasteiger partial charge in [-0.3, -0.25) is 14.5 Å². The van der Waals surface area contributed by atoms with Gasteiger partial charge >= 0.3 is 6.03 Å². The molecular weight excluding hydrogens is 370 g/mol. The van der Waals surface area contributed by atoms with E-state index in [1.54, 1.807) is 24.1 Å². The number of nitrogens with zero attached hydrogens (tertiary/aromatic N) is 2. The predicted octanol–water partition coefficient (Wildman–Crippen LogP) is 2.09. The van der Waals surface area contributed by atoms with Gasteiger partial charge in [-0.1, -0.05) is 36.4 Å². The largest absolute Gasteiger partial charge is 0.497 e. The van der Waals surface area contributed by atoms with Crippen LogP contribution in [0, 0.1) is 0 Å². The summed E-state index contributed by atoms with van der Waals surface area (Å²) in [4.78, 5) is 40.7. The molecule has 4 amide bonds. The molecule has 0 aliphatic carbocycles. The topological polar surface area (TPSA) is 79.0 Å². The first-order valence-electron chi connectivity index (χ1n) is 9.64. The maximum atomic E-state index is 12.7. The van der Waals surface area contributed by atoms with Crippen molar-refractivity contribution in [2.75, 3.05) is 13.7 Å². The molecule has 0 saturated carbocycles. The molecule has 7 nitrogen and oxygen atoms in total. The quantitative estimate of drug-likeness (QED) is 0.789. The van der Waals surface area contributed by atoms with Crippen molar-refractivity contribution in [2.45, 2.75) is 32.0 Å².